The molecule has 0 radical (unpaired) electrons. The first-order chi connectivity index (χ1) is 14.0. The van der Waals surface area contributed by atoms with E-state index in [0.29, 0.717) is 23.8 Å². The van der Waals surface area contributed by atoms with E-state index in [1.54, 1.807) is 10.9 Å². The Balaban J connectivity index is 1.64. The van der Waals surface area contributed by atoms with E-state index in [2.05, 4.69) is 38.5 Å². The van der Waals surface area contributed by atoms with Gasteiger partial charge in [0.1, 0.15) is 0 Å². The molecular weight excluding hydrogens is 454 g/mol. The first-order valence-corrected chi connectivity index (χ1v) is 10.6. The van der Waals surface area contributed by atoms with E-state index in [1.165, 1.54) is 0 Å². The number of halogens is 2. The summed E-state index contributed by atoms with van der Waals surface area (Å²) in [6, 6.07) is 15.5. The van der Waals surface area contributed by atoms with Gasteiger partial charge in [-0.15, -0.1) is 0 Å². The first-order valence-electron chi connectivity index (χ1n) is 9.45. The molecule has 0 atom stereocenters. The van der Waals surface area contributed by atoms with Gasteiger partial charge in [0.25, 0.3) is 5.91 Å². The molecule has 0 spiro atoms. The fraction of sp³-hybridized carbons (Fsp3) is 0.273. The van der Waals surface area contributed by atoms with Crippen molar-refractivity contribution in [2.24, 2.45) is 0 Å². The molecule has 1 aliphatic rings. The maximum Gasteiger partial charge on any atom is 0.255 e. The molecule has 0 saturated carbocycles. The highest BCUT2D eigenvalue weighted by Gasteiger charge is 2.36. The van der Waals surface area contributed by atoms with Gasteiger partial charge in [0.05, 0.1) is 28.7 Å². The third kappa shape index (κ3) is 4.10. The van der Waals surface area contributed by atoms with Crippen molar-refractivity contribution >= 4 is 33.4 Å². The van der Waals surface area contributed by atoms with Gasteiger partial charge in [-0.1, -0.05) is 45.7 Å². The van der Waals surface area contributed by atoms with Crippen LogP contribution in [0.2, 0.25) is 5.02 Å². The Bertz CT molecular complexity index is 1030. The Morgan fingerprint density at radius 1 is 1.21 bits per heavy atom. The third-order valence-electron chi connectivity index (χ3n) is 5.40. The number of aromatic nitrogens is 2. The number of ether oxygens (including phenoxy) is 1. The maximum atomic E-state index is 13.3. The first kappa shape index (κ1) is 20.1. The summed E-state index contributed by atoms with van der Waals surface area (Å²) in [5.41, 5.74) is 2.76. The van der Waals surface area contributed by atoms with Crippen molar-refractivity contribution in [3.63, 3.8) is 0 Å². The number of rotatable bonds is 4. The zero-order chi connectivity index (χ0) is 20.4. The molecule has 1 N–H and O–H groups in total. The fourth-order valence-corrected chi connectivity index (χ4v) is 4.21. The SMILES string of the molecule is Cc1c(C(=O)NC2(c3ccc(Br)cc3)CCOCC2)cnn1-c1cccc(Cl)c1. The lowest BCUT2D eigenvalue weighted by molar-refractivity contribution is 0.0345. The smallest absolute Gasteiger partial charge is 0.255 e. The molecule has 4 rings (SSSR count). The lowest BCUT2D eigenvalue weighted by atomic mass is 9.82. The number of amides is 1. The topological polar surface area (TPSA) is 56.1 Å². The molecule has 1 aliphatic heterocycles. The Kier molecular flexibility index (Phi) is 5.76. The van der Waals surface area contributed by atoms with Crippen LogP contribution in [0.3, 0.4) is 0 Å². The number of carbonyl (C=O) groups is 1. The van der Waals surface area contributed by atoms with E-state index in [4.69, 9.17) is 16.3 Å². The highest BCUT2D eigenvalue weighted by atomic mass is 79.9. The normalized spacial score (nSPS) is 15.8. The van der Waals surface area contributed by atoms with E-state index in [-0.39, 0.29) is 5.91 Å². The van der Waals surface area contributed by atoms with Gasteiger partial charge >= 0.3 is 0 Å². The van der Waals surface area contributed by atoms with Gasteiger partial charge < -0.3 is 10.1 Å². The van der Waals surface area contributed by atoms with E-state index < -0.39 is 5.54 Å². The third-order valence-corrected chi connectivity index (χ3v) is 6.17. The van der Waals surface area contributed by atoms with Crippen molar-refractivity contribution in [1.82, 2.24) is 15.1 Å². The fourth-order valence-electron chi connectivity index (χ4n) is 3.76. The zero-order valence-electron chi connectivity index (χ0n) is 16.0. The highest BCUT2D eigenvalue weighted by Crippen LogP contribution is 2.33. The van der Waals surface area contributed by atoms with Crippen molar-refractivity contribution in [3.8, 4) is 5.69 Å². The van der Waals surface area contributed by atoms with Gasteiger partial charge in [-0.25, -0.2) is 4.68 Å². The van der Waals surface area contributed by atoms with Crippen LogP contribution in [0, 0.1) is 6.92 Å². The molecular formula is C22H21BrClN3O2. The Morgan fingerprint density at radius 2 is 1.93 bits per heavy atom. The molecule has 1 fully saturated rings. The summed E-state index contributed by atoms with van der Waals surface area (Å²) in [5, 5.41) is 8.33. The zero-order valence-corrected chi connectivity index (χ0v) is 18.3. The van der Waals surface area contributed by atoms with Gasteiger partial charge in [-0.3, -0.25) is 4.79 Å². The summed E-state index contributed by atoms with van der Waals surface area (Å²) in [7, 11) is 0. The van der Waals surface area contributed by atoms with Gasteiger partial charge in [0.15, 0.2) is 0 Å². The number of nitrogens with zero attached hydrogens (tertiary/aromatic N) is 2. The van der Waals surface area contributed by atoms with Gasteiger partial charge in [-0.2, -0.15) is 5.10 Å². The van der Waals surface area contributed by atoms with Crippen LogP contribution >= 0.6 is 27.5 Å². The summed E-state index contributed by atoms with van der Waals surface area (Å²) in [4.78, 5) is 13.3. The minimum Gasteiger partial charge on any atom is -0.381 e. The molecule has 150 valence electrons. The largest absolute Gasteiger partial charge is 0.381 e. The van der Waals surface area contributed by atoms with Crippen LogP contribution in [0.15, 0.2) is 59.2 Å². The van der Waals surface area contributed by atoms with Crippen molar-refractivity contribution in [3.05, 3.63) is 81.0 Å². The lowest BCUT2D eigenvalue weighted by Crippen LogP contribution is -2.49. The number of hydrogen-bond acceptors (Lipinski definition) is 3. The molecule has 7 heteroatoms. The minimum absolute atomic E-state index is 0.138. The Labute approximate surface area is 183 Å². The minimum atomic E-state index is -0.458. The quantitative estimate of drug-likeness (QED) is 0.577. The Morgan fingerprint density at radius 3 is 2.62 bits per heavy atom. The maximum absolute atomic E-state index is 13.3. The molecule has 2 aromatic carbocycles. The summed E-state index contributed by atoms with van der Waals surface area (Å²) in [6.07, 6.45) is 3.06. The van der Waals surface area contributed by atoms with Crippen LogP contribution in [0.5, 0.6) is 0 Å². The molecule has 1 aromatic heterocycles. The number of benzene rings is 2. The average molecular weight is 475 g/mol. The van der Waals surface area contributed by atoms with Crippen LogP contribution in [0.4, 0.5) is 0 Å². The van der Waals surface area contributed by atoms with Crippen LogP contribution in [-0.4, -0.2) is 28.9 Å². The molecule has 0 bridgehead atoms. The molecule has 0 aliphatic carbocycles. The number of carbonyl (C=O) groups excluding carboxylic acids is 1. The second-order valence-corrected chi connectivity index (χ2v) is 8.54. The lowest BCUT2D eigenvalue weighted by Gasteiger charge is -2.38. The molecule has 1 saturated heterocycles. The molecule has 2 heterocycles. The van der Waals surface area contributed by atoms with Crippen molar-refractivity contribution < 1.29 is 9.53 Å². The molecule has 29 heavy (non-hydrogen) atoms. The predicted molar refractivity (Wildman–Crippen MR) is 117 cm³/mol. The van der Waals surface area contributed by atoms with Crippen LogP contribution < -0.4 is 5.32 Å². The monoisotopic (exact) mass is 473 g/mol. The van der Waals surface area contributed by atoms with E-state index in [9.17, 15) is 4.79 Å². The summed E-state index contributed by atoms with van der Waals surface area (Å²) in [5.74, 6) is -0.138. The molecule has 5 nitrogen and oxygen atoms in total. The van der Waals surface area contributed by atoms with Crippen molar-refractivity contribution in [1.29, 1.82) is 0 Å². The standard InChI is InChI=1S/C22H21BrClN3O2/c1-15-20(14-25-27(15)19-4-2-3-18(24)13-19)21(28)26-22(9-11-29-12-10-22)16-5-7-17(23)8-6-16/h2-8,13-14H,9-12H2,1H3,(H,26,28). The molecule has 0 unspecified atom stereocenters. The van der Waals surface area contributed by atoms with Crippen molar-refractivity contribution in [2.45, 2.75) is 25.3 Å². The van der Waals surface area contributed by atoms with Crippen LogP contribution in [0.1, 0.15) is 34.5 Å². The van der Waals surface area contributed by atoms with Crippen molar-refractivity contribution in [2.75, 3.05) is 13.2 Å². The summed E-state index contributed by atoms with van der Waals surface area (Å²) < 4.78 is 8.31. The summed E-state index contributed by atoms with van der Waals surface area (Å²) >= 11 is 9.59. The van der Waals surface area contributed by atoms with E-state index >= 15 is 0 Å². The number of nitrogens with one attached hydrogen (secondary N) is 1. The molecule has 3 aromatic rings. The van der Waals surface area contributed by atoms with Crippen LogP contribution in [-0.2, 0) is 10.3 Å². The van der Waals surface area contributed by atoms with E-state index in [0.717, 1.165) is 34.3 Å². The predicted octanol–water partition coefficient (Wildman–Crippen LogP) is 5.03. The van der Waals surface area contributed by atoms with Crippen LogP contribution in [0.25, 0.3) is 5.69 Å². The van der Waals surface area contributed by atoms with Gasteiger partial charge in [0.2, 0.25) is 0 Å². The second kappa shape index (κ2) is 8.30. The molecule has 1 amide bonds. The van der Waals surface area contributed by atoms with Gasteiger partial charge in [-0.05, 0) is 55.7 Å². The Hall–Kier alpha value is -2.15. The average Bonchev–Trinajstić information content (AvgIpc) is 3.10. The van der Waals surface area contributed by atoms with Gasteiger partial charge in [0, 0.05) is 22.7 Å². The highest BCUT2D eigenvalue weighted by molar-refractivity contribution is 9.10. The second-order valence-electron chi connectivity index (χ2n) is 7.19. The van der Waals surface area contributed by atoms with E-state index in [1.807, 2.05) is 43.3 Å². The number of hydrogen-bond donors (Lipinski definition) is 1. The summed E-state index contributed by atoms with van der Waals surface area (Å²) in [6.45, 7) is 3.10.